The molecule has 0 fully saturated rings. The molecule has 0 atom stereocenters. The number of nitrogen functional groups attached to an aromatic ring is 1. The van der Waals surface area contributed by atoms with E-state index in [-0.39, 0.29) is 9.64 Å². The topological polar surface area (TPSA) is 81.4 Å². The smallest absolute Gasteiger partial charge is 0.240 e. The predicted octanol–water partition coefficient (Wildman–Crippen LogP) is 2.48. The predicted molar refractivity (Wildman–Crippen MR) is 89.4 cm³/mol. The fraction of sp³-hybridized carbons (Fsp3) is 0.571. The Kier molecular flexibility index (Phi) is 6.37. The first-order valence-electron chi connectivity index (χ1n) is 6.82. The first-order chi connectivity index (χ1) is 9.84. The zero-order valence-corrected chi connectivity index (χ0v) is 14.6. The van der Waals surface area contributed by atoms with Crippen molar-refractivity contribution in [3.05, 3.63) is 18.2 Å². The fourth-order valence-corrected chi connectivity index (χ4v) is 4.10. The van der Waals surface area contributed by atoms with E-state index in [0.717, 1.165) is 12.8 Å². The zero-order chi connectivity index (χ0) is 16.1. The Balaban J connectivity index is 2.94. The molecule has 0 radical (unpaired) electrons. The van der Waals surface area contributed by atoms with Crippen molar-refractivity contribution in [2.24, 2.45) is 0 Å². The molecule has 3 N–H and O–H groups in total. The molecule has 0 saturated heterocycles. The Bertz CT molecular complexity index is 561. The van der Waals surface area contributed by atoms with E-state index in [9.17, 15) is 8.42 Å². The van der Waals surface area contributed by atoms with E-state index in [0.29, 0.717) is 18.0 Å². The van der Waals surface area contributed by atoms with Crippen molar-refractivity contribution in [3.8, 4) is 5.75 Å². The number of thioether (sulfide) groups is 1. The summed E-state index contributed by atoms with van der Waals surface area (Å²) in [5.74, 6) is 0.467. The van der Waals surface area contributed by atoms with Crippen LogP contribution in [0.5, 0.6) is 5.75 Å². The molecule has 0 saturated carbocycles. The second-order valence-electron chi connectivity index (χ2n) is 4.82. The molecule has 0 spiro atoms. The van der Waals surface area contributed by atoms with Crippen LogP contribution in [0.25, 0.3) is 0 Å². The Morgan fingerprint density at radius 2 is 1.95 bits per heavy atom. The second kappa shape index (κ2) is 7.38. The van der Waals surface area contributed by atoms with Crippen molar-refractivity contribution in [1.29, 1.82) is 0 Å². The van der Waals surface area contributed by atoms with Gasteiger partial charge >= 0.3 is 0 Å². The lowest BCUT2D eigenvalue weighted by atomic mass is 10.0. The average molecular weight is 332 g/mol. The van der Waals surface area contributed by atoms with Crippen LogP contribution < -0.4 is 15.2 Å². The number of anilines is 1. The van der Waals surface area contributed by atoms with Gasteiger partial charge in [0.1, 0.15) is 5.75 Å². The van der Waals surface area contributed by atoms with Crippen LogP contribution in [-0.2, 0) is 10.0 Å². The van der Waals surface area contributed by atoms with Crippen molar-refractivity contribution in [1.82, 2.24) is 4.72 Å². The molecular weight excluding hydrogens is 308 g/mol. The van der Waals surface area contributed by atoms with Gasteiger partial charge in [-0.25, -0.2) is 13.1 Å². The van der Waals surface area contributed by atoms with Crippen LogP contribution in [0.2, 0.25) is 0 Å². The van der Waals surface area contributed by atoms with E-state index in [4.69, 9.17) is 10.5 Å². The van der Waals surface area contributed by atoms with E-state index in [1.807, 2.05) is 6.26 Å². The summed E-state index contributed by atoms with van der Waals surface area (Å²) in [6.07, 6.45) is 3.81. The number of nitrogens with one attached hydrogen (secondary N) is 1. The monoisotopic (exact) mass is 332 g/mol. The molecule has 0 bridgehead atoms. The number of ether oxygens (including phenoxy) is 1. The van der Waals surface area contributed by atoms with Gasteiger partial charge in [-0.3, -0.25) is 0 Å². The van der Waals surface area contributed by atoms with Gasteiger partial charge < -0.3 is 10.5 Å². The molecule has 0 heterocycles. The lowest BCUT2D eigenvalue weighted by Crippen LogP contribution is -2.39. The summed E-state index contributed by atoms with van der Waals surface area (Å²) in [7, 11) is -2.08. The van der Waals surface area contributed by atoms with Gasteiger partial charge in [0.25, 0.3) is 0 Å². The van der Waals surface area contributed by atoms with Gasteiger partial charge in [-0.2, -0.15) is 11.8 Å². The maximum absolute atomic E-state index is 12.4. The van der Waals surface area contributed by atoms with Gasteiger partial charge in [0, 0.05) is 11.3 Å². The number of hydrogen-bond donors (Lipinski definition) is 2. The molecule has 5 nitrogen and oxygen atoms in total. The summed E-state index contributed by atoms with van der Waals surface area (Å²) >= 11 is 1.69. The quantitative estimate of drug-likeness (QED) is 0.715. The van der Waals surface area contributed by atoms with Crippen molar-refractivity contribution in [3.63, 3.8) is 0 Å². The Morgan fingerprint density at radius 3 is 2.38 bits per heavy atom. The normalized spacial score (nSPS) is 12.4. The second-order valence-corrected chi connectivity index (χ2v) is 7.86. The van der Waals surface area contributed by atoms with E-state index in [1.165, 1.54) is 19.2 Å². The lowest BCUT2D eigenvalue weighted by Gasteiger charge is -2.29. The summed E-state index contributed by atoms with van der Waals surface area (Å²) < 4.78 is 32.4. The van der Waals surface area contributed by atoms with Crippen LogP contribution in [0.4, 0.5) is 5.69 Å². The van der Waals surface area contributed by atoms with Gasteiger partial charge in [-0.1, -0.05) is 13.8 Å². The minimum atomic E-state index is -3.57. The first-order valence-corrected chi connectivity index (χ1v) is 9.53. The largest absolute Gasteiger partial charge is 0.495 e. The molecule has 120 valence electrons. The van der Waals surface area contributed by atoms with Crippen LogP contribution in [0.3, 0.4) is 0 Å². The molecule has 7 heteroatoms. The molecule has 1 aromatic rings. The Hall–Kier alpha value is -0.920. The summed E-state index contributed by atoms with van der Waals surface area (Å²) in [4.78, 5) is 0.156. The van der Waals surface area contributed by atoms with Crippen molar-refractivity contribution in [2.45, 2.75) is 36.3 Å². The van der Waals surface area contributed by atoms with Crippen molar-refractivity contribution in [2.75, 3.05) is 25.6 Å². The van der Waals surface area contributed by atoms with Crippen LogP contribution in [0.15, 0.2) is 23.1 Å². The summed E-state index contributed by atoms with van der Waals surface area (Å²) in [6.45, 7) is 4.54. The molecular formula is C14H24N2O3S2. The maximum Gasteiger partial charge on any atom is 0.240 e. The summed E-state index contributed by atoms with van der Waals surface area (Å²) in [5.41, 5.74) is 6.08. The minimum absolute atomic E-state index is 0.0783. The SMILES string of the molecule is CCC(CC)(CNS(=O)(=O)c1ccc(OC)c(N)c1)SC. The van der Waals surface area contributed by atoms with Crippen LogP contribution >= 0.6 is 11.8 Å². The molecule has 0 aliphatic rings. The van der Waals surface area contributed by atoms with Crippen LogP contribution in [-0.4, -0.2) is 33.1 Å². The van der Waals surface area contributed by atoms with Crippen LogP contribution in [0.1, 0.15) is 26.7 Å². The summed E-state index contributed by atoms with van der Waals surface area (Å²) in [6, 6.07) is 4.47. The maximum atomic E-state index is 12.4. The highest BCUT2D eigenvalue weighted by Crippen LogP contribution is 2.30. The molecule has 1 aromatic carbocycles. The zero-order valence-electron chi connectivity index (χ0n) is 13.0. The minimum Gasteiger partial charge on any atom is -0.495 e. The standard InChI is InChI=1S/C14H24N2O3S2/c1-5-14(6-2,20-4)10-16-21(17,18)11-7-8-13(19-3)12(15)9-11/h7-9,16H,5-6,10,15H2,1-4H3. The molecule has 0 aliphatic carbocycles. The number of methoxy groups -OCH3 is 1. The van der Waals surface area contributed by atoms with E-state index in [1.54, 1.807) is 17.8 Å². The third-order valence-corrected chi connectivity index (χ3v) is 6.80. The van der Waals surface area contributed by atoms with Crippen molar-refractivity contribution < 1.29 is 13.2 Å². The number of sulfonamides is 1. The van der Waals surface area contributed by atoms with E-state index >= 15 is 0 Å². The highest BCUT2D eigenvalue weighted by Gasteiger charge is 2.27. The fourth-order valence-electron chi connectivity index (χ4n) is 2.05. The molecule has 0 unspecified atom stereocenters. The first kappa shape index (κ1) is 18.1. The Labute approximate surface area is 131 Å². The van der Waals surface area contributed by atoms with Crippen LogP contribution in [0, 0.1) is 0 Å². The molecule has 0 aliphatic heterocycles. The summed E-state index contributed by atoms with van der Waals surface area (Å²) in [5, 5.41) is 0. The number of nitrogens with two attached hydrogens (primary N) is 1. The lowest BCUT2D eigenvalue weighted by molar-refractivity contribution is 0.416. The van der Waals surface area contributed by atoms with Crippen molar-refractivity contribution >= 4 is 27.5 Å². The molecule has 21 heavy (non-hydrogen) atoms. The number of benzene rings is 1. The van der Waals surface area contributed by atoms with Gasteiger partial charge in [0.2, 0.25) is 10.0 Å². The highest BCUT2D eigenvalue weighted by molar-refractivity contribution is 8.00. The molecule has 0 aromatic heterocycles. The third kappa shape index (κ3) is 4.28. The highest BCUT2D eigenvalue weighted by atomic mass is 32.2. The van der Waals surface area contributed by atoms with Gasteiger partial charge in [0.05, 0.1) is 17.7 Å². The van der Waals surface area contributed by atoms with Gasteiger partial charge in [-0.05, 0) is 37.3 Å². The van der Waals surface area contributed by atoms with E-state index in [2.05, 4.69) is 18.6 Å². The molecule has 1 rings (SSSR count). The van der Waals surface area contributed by atoms with Gasteiger partial charge in [-0.15, -0.1) is 0 Å². The molecule has 0 amide bonds. The van der Waals surface area contributed by atoms with E-state index < -0.39 is 10.0 Å². The Morgan fingerprint density at radius 1 is 1.33 bits per heavy atom. The average Bonchev–Trinajstić information content (AvgIpc) is 2.49. The number of rotatable bonds is 8. The van der Waals surface area contributed by atoms with Gasteiger partial charge in [0.15, 0.2) is 0 Å². The third-order valence-electron chi connectivity index (χ3n) is 3.82. The number of hydrogen-bond acceptors (Lipinski definition) is 5.